The summed E-state index contributed by atoms with van der Waals surface area (Å²) < 4.78 is 5.14. The first-order valence-corrected chi connectivity index (χ1v) is 9.28. The second kappa shape index (κ2) is 5.09. The maximum Gasteiger partial charge on any atom is 0.329 e. The van der Waals surface area contributed by atoms with Gasteiger partial charge in [0.05, 0.1) is 13.2 Å². The Balaban J connectivity index is 1.80. The number of carbonyl (C=O) groups is 1. The molecule has 5 rings (SSSR count). The number of methoxy groups -OCH3 is 1. The highest BCUT2D eigenvalue weighted by Crippen LogP contribution is 2.61. The largest absolute Gasteiger partial charge is 0.467 e. The van der Waals surface area contributed by atoms with Gasteiger partial charge in [0.2, 0.25) is 0 Å². The van der Waals surface area contributed by atoms with Crippen LogP contribution in [0, 0.1) is 5.92 Å². The Morgan fingerprint density at radius 1 is 1.35 bits per heavy atom. The predicted octanol–water partition coefficient (Wildman–Crippen LogP) is 0.978. The molecule has 138 valence electrons. The van der Waals surface area contributed by atoms with Crippen molar-refractivity contribution in [3.05, 3.63) is 41.5 Å². The summed E-state index contributed by atoms with van der Waals surface area (Å²) in [6, 6.07) is 6.67. The molecule has 6 nitrogen and oxygen atoms in total. The lowest BCUT2D eigenvalue weighted by atomic mass is 9.65. The maximum absolute atomic E-state index is 12.8. The van der Waals surface area contributed by atoms with Gasteiger partial charge in [-0.2, -0.15) is 0 Å². The molecule has 0 unspecified atom stereocenters. The molecule has 2 bridgehead atoms. The molecule has 0 aromatic heterocycles. The molecule has 0 radical (unpaired) electrons. The lowest BCUT2D eigenvalue weighted by Crippen LogP contribution is -2.80. The number of nitrogens with zero attached hydrogens (tertiary/aromatic N) is 2. The van der Waals surface area contributed by atoms with E-state index in [4.69, 9.17) is 4.74 Å². The first kappa shape index (κ1) is 16.3. The van der Waals surface area contributed by atoms with Crippen LogP contribution in [0.3, 0.4) is 0 Å². The molecule has 4 heterocycles. The summed E-state index contributed by atoms with van der Waals surface area (Å²) in [5.41, 5.74) is -0.250. The summed E-state index contributed by atoms with van der Waals surface area (Å²) in [6.07, 6.45) is 3.16. The summed E-state index contributed by atoms with van der Waals surface area (Å²) in [5.74, 6) is -0.387. The zero-order valence-electron chi connectivity index (χ0n) is 15.1. The van der Waals surface area contributed by atoms with Crippen LogP contribution >= 0.6 is 0 Å². The lowest BCUT2D eigenvalue weighted by molar-refractivity contribution is -0.236. The number of ether oxygens (including phenoxy) is 1. The second-order valence-corrected chi connectivity index (χ2v) is 7.88. The van der Waals surface area contributed by atoms with Crippen LogP contribution in [0.15, 0.2) is 35.9 Å². The van der Waals surface area contributed by atoms with Gasteiger partial charge in [-0.15, -0.1) is 0 Å². The lowest BCUT2D eigenvalue weighted by Gasteiger charge is -2.63. The monoisotopic (exact) mass is 356 g/mol. The van der Waals surface area contributed by atoms with E-state index in [1.54, 1.807) is 4.90 Å². The second-order valence-electron chi connectivity index (χ2n) is 7.88. The van der Waals surface area contributed by atoms with Crippen molar-refractivity contribution in [1.82, 2.24) is 4.90 Å². The Kier molecular flexibility index (Phi) is 3.19. The van der Waals surface area contributed by atoms with Crippen LogP contribution in [-0.4, -0.2) is 59.1 Å². The van der Waals surface area contributed by atoms with Gasteiger partial charge >= 0.3 is 5.97 Å². The number of allylic oxidation sites excluding steroid dienone is 1. The van der Waals surface area contributed by atoms with E-state index < -0.39 is 17.4 Å². The third kappa shape index (κ3) is 1.61. The fourth-order valence-corrected chi connectivity index (χ4v) is 5.90. The summed E-state index contributed by atoms with van der Waals surface area (Å²) in [5, 5.41) is 23.6. The number of benzene rings is 1. The number of hydrogen-bond acceptors (Lipinski definition) is 6. The van der Waals surface area contributed by atoms with E-state index in [1.807, 2.05) is 31.2 Å². The molecule has 0 saturated carbocycles. The van der Waals surface area contributed by atoms with Crippen molar-refractivity contribution in [2.24, 2.45) is 5.92 Å². The van der Waals surface area contributed by atoms with Crippen molar-refractivity contribution in [3.8, 4) is 0 Å². The number of fused-ring (bicyclic) bond motifs is 4. The molecule has 0 amide bonds. The molecular weight excluding hydrogens is 332 g/mol. The molecule has 5 atom stereocenters. The summed E-state index contributed by atoms with van der Waals surface area (Å²) in [7, 11) is 1.39. The quantitative estimate of drug-likeness (QED) is 0.577. The molecule has 1 aromatic rings. The number of para-hydroxylation sites is 1. The smallest absolute Gasteiger partial charge is 0.329 e. The van der Waals surface area contributed by atoms with Crippen molar-refractivity contribution in [2.75, 3.05) is 25.1 Å². The van der Waals surface area contributed by atoms with Gasteiger partial charge in [-0.3, -0.25) is 4.90 Å². The first-order valence-electron chi connectivity index (χ1n) is 9.28. The highest BCUT2D eigenvalue weighted by Gasteiger charge is 2.73. The fraction of sp³-hybridized carbons (Fsp3) is 0.550. The van der Waals surface area contributed by atoms with Gasteiger partial charge in [0.25, 0.3) is 0 Å². The van der Waals surface area contributed by atoms with E-state index in [9.17, 15) is 15.0 Å². The topological polar surface area (TPSA) is 73.2 Å². The highest BCUT2D eigenvalue weighted by atomic mass is 16.5. The van der Waals surface area contributed by atoms with Crippen LogP contribution in [-0.2, 0) is 15.1 Å². The van der Waals surface area contributed by atoms with Gasteiger partial charge in [-0.1, -0.05) is 29.8 Å². The average Bonchev–Trinajstić information content (AvgIpc) is 2.86. The SMILES string of the molecule is CC=C1CN2CC[C@@]3(O)c4ccccc4N4[C@@H](C(=O)OC)[C@H]1C[C@@H]2[C@]43O. The minimum atomic E-state index is -1.52. The van der Waals surface area contributed by atoms with Gasteiger partial charge in [0.1, 0.15) is 11.6 Å². The standard InChI is InChI=1S/C20H24N2O4/c1-3-12-11-21-9-8-19(24)14-6-4-5-7-15(14)22-17(18(23)26-2)13(12)10-16(21)20(19,22)25/h3-7,13,16-17,24-25H,8-11H2,1-2H3/t13-,16+,17+,19+,20+/m0/s1. The molecule has 3 saturated heterocycles. The number of rotatable bonds is 1. The predicted molar refractivity (Wildman–Crippen MR) is 95.4 cm³/mol. The normalized spacial score (nSPS) is 41.9. The zero-order chi connectivity index (χ0) is 18.3. The van der Waals surface area contributed by atoms with Crippen molar-refractivity contribution in [3.63, 3.8) is 0 Å². The van der Waals surface area contributed by atoms with Gasteiger partial charge in [0, 0.05) is 30.3 Å². The fourth-order valence-electron chi connectivity index (χ4n) is 5.90. The van der Waals surface area contributed by atoms with Crippen molar-refractivity contribution < 1.29 is 19.7 Å². The van der Waals surface area contributed by atoms with E-state index >= 15 is 0 Å². The molecule has 4 aliphatic rings. The molecule has 0 aliphatic carbocycles. The van der Waals surface area contributed by atoms with E-state index in [0.717, 1.165) is 18.8 Å². The Morgan fingerprint density at radius 3 is 2.85 bits per heavy atom. The van der Waals surface area contributed by atoms with Crippen LogP contribution in [0.25, 0.3) is 0 Å². The number of carbonyl (C=O) groups excluding carboxylic acids is 1. The summed E-state index contributed by atoms with van der Waals surface area (Å²) in [4.78, 5) is 16.9. The third-order valence-corrected chi connectivity index (χ3v) is 7.06. The van der Waals surface area contributed by atoms with Gasteiger partial charge in [-0.05, 0) is 25.8 Å². The number of aliphatic hydroxyl groups is 2. The summed E-state index contributed by atoms with van der Waals surface area (Å²) >= 11 is 0. The average molecular weight is 356 g/mol. The number of anilines is 1. The summed E-state index contributed by atoms with van der Waals surface area (Å²) in [6.45, 7) is 3.45. The number of piperidine rings is 3. The van der Waals surface area contributed by atoms with Gasteiger partial charge in [0.15, 0.2) is 5.72 Å². The number of hydrogen-bond donors (Lipinski definition) is 2. The van der Waals surface area contributed by atoms with E-state index in [-0.39, 0.29) is 17.9 Å². The van der Waals surface area contributed by atoms with Crippen LogP contribution in [0.2, 0.25) is 0 Å². The van der Waals surface area contributed by atoms with Crippen LogP contribution in [0.5, 0.6) is 0 Å². The number of esters is 1. The Hall–Kier alpha value is -1.89. The first-order chi connectivity index (χ1) is 12.5. The third-order valence-electron chi connectivity index (χ3n) is 7.06. The molecule has 1 aromatic carbocycles. The highest BCUT2D eigenvalue weighted by molar-refractivity contribution is 5.85. The van der Waals surface area contributed by atoms with Crippen LogP contribution in [0.1, 0.15) is 25.3 Å². The molecule has 2 N–H and O–H groups in total. The maximum atomic E-state index is 12.8. The minimum Gasteiger partial charge on any atom is -0.467 e. The van der Waals surface area contributed by atoms with Gasteiger partial charge < -0.3 is 19.8 Å². The van der Waals surface area contributed by atoms with Gasteiger partial charge in [-0.25, -0.2) is 4.79 Å². The Bertz CT molecular complexity index is 824. The molecular formula is C20H24N2O4. The molecule has 6 heteroatoms. The van der Waals surface area contributed by atoms with Crippen LogP contribution in [0.4, 0.5) is 5.69 Å². The van der Waals surface area contributed by atoms with Crippen molar-refractivity contribution >= 4 is 11.7 Å². The molecule has 26 heavy (non-hydrogen) atoms. The van der Waals surface area contributed by atoms with Crippen molar-refractivity contribution in [2.45, 2.75) is 43.2 Å². The molecule has 3 fully saturated rings. The minimum absolute atomic E-state index is 0.0255. The van der Waals surface area contributed by atoms with Crippen molar-refractivity contribution in [1.29, 1.82) is 0 Å². The van der Waals surface area contributed by atoms with E-state index in [2.05, 4.69) is 11.0 Å². The van der Waals surface area contributed by atoms with Crippen LogP contribution < -0.4 is 4.90 Å². The Labute approximate surface area is 152 Å². The van der Waals surface area contributed by atoms with E-state index in [1.165, 1.54) is 12.7 Å². The Morgan fingerprint density at radius 2 is 2.12 bits per heavy atom. The molecule has 4 aliphatic heterocycles. The zero-order valence-corrected chi connectivity index (χ0v) is 15.1. The van der Waals surface area contributed by atoms with E-state index in [0.29, 0.717) is 18.4 Å². The molecule has 0 spiro atoms.